The maximum absolute atomic E-state index is 12.0. The first kappa shape index (κ1) is 13.8. The van der Waals surface area contributed by atoms with Crippen molar-refractivity contribution in [3.05, 3.63) is 47.8 Å². The Bertz CT molecular complexity index is 631. The summed E-state index contributed by atoms with van der Waals surface area (Å²) in [4.78, 5) is 24.1. The number of nitrogens with zero attached hydrogens (tertiary/aromatic N) is 3. The zero-order valence-corrected chi connectivity index (χ0v) is 11.4. The maximum atomic E-state index is 12.0. The summed E-state index contributed by atoms with van der Waals surface area (Å²) >= 11 is 0. The van der Waals surface area contributed by atoms with Gasteiger partial charge in [-0.15, -0.1) is 0 Å². The molecule has 1 heterocycles. The summed E-state index contributed by atoms with van der Waals surface area (Å²) in [6.07, 6.45) is 1.72. The van der Waals surface area contributed by atoms with Gasteiger partial charge in [0, 0.05) is 24.5 Å². The molecule has 0 unspecified atom stereocenters. The van der Waals surface area contributed by atoms with E-state index in [0.29, 0.717) is 5.56 Å². The van der Waals surface area contributed by atoms with Crippen molar-refractivity contribution in [1.82, 2.24) is 14.7 Å². The van der Waals surface area contributed by atoms with Crippen LogP contribution in [0.25, 0.3) is 5.69 Å². The lowest BCUT2D eigenvalue weighted by molar-refractivity contribution is -0.118. The third-order valence-corrected chi connectivity index (χ3v) is 2.93. The van der Waals surface area contributed by atoms with Gasteiger partial charge in [-0.1, -0.05) is 0 Å². The molecule has 0 aliphatic heterocycles. The lowest BCUT2D eigenvalue weighted by Crippen LogP contribution is -2.35. The number of primary amides is 1. The fraction of sp³-hybridized carbons (Fsp3) is 0.214. The van der Waals surface area contributed by atoms with Gasteiger partial charge in [0.25, 0.3) is 5.91 Å². The van der Waals surface area contributed by atoms with E-state index in [4.69, 9.17) is 5.73 Å². The Kier molecular flexibility index (Phi) is 3.84. The number of amides is 2. The SMILES string of the molecule is Cc1ccnn1-c1ccc(C(=O)N(C)CC(N)=O)cc1. The van der Waals surface area contributed by atoms with Crippen molar-refractivity contribution in [2.45, 2.75) is 6.92 Å². The van der Waals surface area contributed by atoms with Gasteiger partial charge in [-0.2, -0.15) is 5.10 Å². The Hall–Kier alpha value is -2.63. The molecule has 0 atom stereocenters. The smallest absolute Gasteiger partial charge is 0.254 e. The summed E-state index contributed by atoms with van der Waals surface area (Å²) in [7, 11) is 1.54. The van der Waals surface area contributed by atoms with Crippen LogP contribution in [0.2, 0.25) is 0 Å². The number of likely N-dealkylation sites (N-methyl/N-ethyl adjacent to an activating group) is 1. The van der Waals surface area contributed by atoms with Crippen LogP contribution >= 0.6 is 0 Å². The van der Waals surface area contributed by atoms with Crippen molar-refractivity contribution in [3.8, 4) is 5.69 Å². The molecule has 6 nitrogen and oxygen atoms in total. The van der Waals surface area contributed by atoms with Crippen molar-refractivity contribution in [1.29, 1.82) is 0 Å². The van der Waals surface area contributed by atoms with Crippen LogP contribution in [0.5, 0.6) is 0 Å². The van der Waals surface area contributed by atoms with Crippen LogP contribution in [0, 0.1) is 6.92 Å². The van der Waals surface area contributed by atoms with Crippen LogP contribution in [-0.2, 0) is 4.79 Å². The minimum Gasteiger partial charge on any atom is -0.368 e. The molecule has 0 saturated heterocycles. The molecule has 20 heavy (non-hydrogen) atoms. The minimum atomic E-state index is -0.537. The van der Waals surface area contributed by atoms with Crippen LogP contribution in [-0.4, -0.2) is 40.1 Å². The molecule has 2 aromatic rings. The quantitative estimate of drug-likeness (QED) is 0.891. The zero-order chi connectivity index (χ0) is 14.7. The molecule has 0 saturated carbocycles. The number of aromatic nitrogens is 2. The third kappa shape index (κ3) is 2.85. The number of nitrogens with two attached hydrogens (primary N) is 1. The van der Waals surface area contributed by atoms with Crippen molar-refractivity contribution in [2.75, 3.05) is 13.6 Å². The number of rotatable bonds is 4. The van der Waals surface area contributed by atoms with Gasteiger partial charge in [0.1, 0.15) is 0 Å². The molecule has 2 N–H and O–H groups in total. The van der Waals surface area contributed by atoms with Crippen molar-refractivity contribution in [2.24, 2.45) is 5.73 Å². The van der Waals surface area contributed by atoms with E-state index in [0.717, 1.165) is 11.4 Å². The molecule has 6 heteroatoms. The number of carbonyl (C=O) groups excluding carboxylic acids is 2. The van der Waals surface area contributed by atoms with E-state index >= 15 is 0 Å². The second-order valence-corrected chi connectivity index (χ2v) is 4.56. The lowest BCUT2D eigenvalue weighted by atomic mass is 10.2. The second kappa shape index (κ2) is 5.56. The van der Waals surface area contributed by atoms with E-state index in [1.807, 2.05) is 25.1 Å². The summed E-state index contributed by atoms with van der Waals surface area (Å²) in [6.45, 7) is 1.85. The Morgan fingerprint density at radius 2 is 1.90 bits per heavy atom. The summed E-state index contributed by atoms with van der Waals surface area (Å²) < 4.78 is 1.78. The Morgan fingerprint density at radius 1 is 1.25 bits per heavy atom. The fourth-order valence-electron chi connectivity index (χ4n) is 1.91. The maximum Gasteiger partial charge on any atom is 0.254 e. The van der Waals surface area contributed by atoms with Crippen LogP contribution in [0.4, 0.5) is 0 Å². The zero-order valence-electron chi connectivity index (χ0n) is 11.4. The molecule has 0 aliphatic carbocycles. The molecule has 2 rings (SSSR count). The minimum absolute atomic E-state index is 0.0984. The molecule has 1 aromatic heterocycles. The third-order valence-electron chi connectivity index (χ3n) is 2.93. The van der Waals surface area contributed by atoms with Crippen LogP contribution in [0.15, 0.2) is 36.5 Å². The molecule has 104 valence electrons. The van der Waals surface area contributed by atoms with E-state index in [-0.39, 0.29) is 12.5 Å². The van der Waals surface area contributed by atoms with Gasteiger partial charge in [0.05, 0.1) is 12.2 Å². The Balaban J connectivity index is 2.18. The molecule has 0 radical (unpaired) electrons. The molecule has 0 aliphatic rings. The summed E-state index contributed by atoms with van der Waals surface area (Å²) in [5, 5.41) is 4.20. The van der Waals surface area contributed by atoms with Crippen LogP contribution < -0.4 is 5.73 Å². The van der Waals surface area contributed by atoms with Gasteiger partial charge < -0.3 is 10.6 Å². The van der Waals surface area contributed by atoms with Gasteiger partial charge in [0.2, 0.25) is 5.91 Å². The molecule has 0 fully saturated rings. The standard InChI is InChI=1S/C14H16N4O2/c1-10-7-8-16-18(10)12-5-3-11(4-6-12)14(20)17(2)9-13(15)19/h3-8H,9H2,1-2H3,(H2,15,19). The first-order chi connectivity index (χ1) is 9.49. The largest absolute Gasteiger partial charge is 0.368 e. The predicted octanol–water partition coefficient (Wildman–Crippen LogP) is 0.738. The van der Waals surface area contributed by atoms with Crippen molar-refractivity contribution in [3.63, 3.8) is 0 Å². The first-order valence-corrected chi connectivity index (χ1v) is 6.14. The summed E-state index contributed by atoms with van der Waals surface area (Å²) in [6, 6.07) is 8.93. The number of benzene rings is 1. The highest BCUT2D eigenvalue weighted by Gasteiger charge is 2.13. The predicted molar refractivity (Wildman–Crippen MR) is 74.5 cm³/mol. The van der Waals surface area contributed by atoms with Gasteiger partial charge in [-0.25, -0.2) is 4.68 Å². The van der Waals surface area contributed by atoms with Crippen LogP contribution in [0.3, 0.4) is 0 Å². The van der Waals surface area contributed by atoms with Gasteiger partial charge in [-0.3, -0.25) is 9.59 Å². The summed E-state index contributed by atoms with van der Waals surface area (Å²) in [5.41, 5.74) is 7.46. The van der Waals surface area contributed by atoms with Gasteiger partial charge >= 0.3 is 0 Å². The second-order valence-electron chi connectivity index (χ2n) is 4.56. The van der Waals surface area contributed by atoms with Crippen molar-refractivity contribution < 1.29 is 9.59 Å². The molecule has 0 bridgehead atoms. The fourth-order valence-corrected chi connectivity index (χ4v) is 1.91. The highest BCUT2D eigenvalue weighted by atomic mass is 16.2. The van der Waals surface area contributed by atoms with E-state index in [1.54, 1.807) is 30.1 Å². The van der Waals surface area contributed by atoms with E-state index in [1.165, 1.54) is 4.90 Å². The monoisotopic (exact) mass is 272 g/mol. The van der Waals surface area contributed by atoms with Crippen LogP contribution in [0.1, 0.15) is 16.1 Å². The molecular formula is C14H16N4O2. The van der Waals surface area contributed by atoms with E-state index in [9.17, 15) is 9.59 Å². The molecule has 2 amide bonds. The Morgan fingerprint density at radius 3 is 2.40 bits per heavy atom. The normalized spacial score (nSPS) is 10.3. The number of aryl methyl sites for hydroxylation is 1. The highest BCUT2D eigenvalue weighted by molar-refractivity contribution is 5.96. The molecule has 1 aromatic carbocycles. The van der Waals surface area contributed by atoms with E-state index in [2.05, 4.69) is 5.10 Å². The average Bonchev–Trinajstić information content (AvgIpc) is 2.83. The number of hydrogen-bond acceptors (Lipinski definition) is 3. The topological polar surface area (TPSA) is 81.2 Å². The first-order valence-electron chi connectivity index (χ1n) is 6.14. The lowest BCUT2D eigenvalue weighted by Gasteiger charge is -2.15. The molecular weight excluding hydrogens is 256 g/mol. The number of hydrogen-bond donors (Lipinski definition) is 1. The van der Waals surface area contributed by atoms with Gasteiger partial charge in [0.15, 0.2) is 0 Å². The summed E-state index contributed by atoms with van der Waals surface area (Å²) in [5.74, 6) is -0.780. The van der Waals surface area contributed by atoms with E-state index < -0.39 is 5.91 Å². The average molecular weight is 272 g/mol. The molecule has 0 spiro atoms. The van der Waals surface area contributed by atoms with Crippen molar-refractivity contribution >= 4 is 11.8 Å². The number of carbonyl (C=O) groups is 2. The Labute approximate surface area is 116 Å². The highest BCUT2D eigenvalue weighted by Crippen LogP contribution is 2.12. The van der Waals surface area contributed by atoms with Gasteiger partial charge in [-0.05, 0) is 37.3 Å².